The first-order chi connectivity index (χ1) is 14.0. The van der Waals surface area contributed by atoms with Gasteiger partial charge < -0.3 is 9.47 Å². The van der Waals surface area contributed by atoms with Crippen molar-refractivity contribution in [2.75, 3.05) is 13.7 Å². The van der Waals surface area contributed by atoms with Crippen LogP contribution in [0.5, 0.6) is 5.75 Å². The van der Waals surface area contributed by atoms with Crippen LogP contribution in [0.1, 0.15) is 35.2 Å². The van der Waals surface area contributed by atoms with Crippen molar-refractivity contribution in [1.82, 2.24) is 0 Å². The molecule has 0 fully saturated rings. The minimum absolute atomic E-state index is 0.0806. The van der Waals surface area contributed by atoms with Crippen molar-refractivity contribution < 1.29 is 23.5 Å². The summed E-state index contributed by atoms with van der Waals surface area (Å²) in [5.41, 5.74) is 0.996. The Balaban J connectivity index is 2.00. The van der Waals surface area contributed by atoms with E-state index in [0.717, 1.165) is 10.8 Å². The number of para-hydroxylation sites is 1. The van der Waals surface area contributed by atoms with Gasteiger partial charge in [-0.3, -0.25) is 4.79 Å². The van der Waals surface area contributed by atoms with Gasteiger partial charge in [-0.25, -0.2) is 9.18 Å². The number of hydrogen-bond donors (Lipinski definition) is 0. The number of halogens is 1. The summed E-state index contributed by atoms with van der Waals surface area (Å²) in [5, 5.41) is 1.92. The van der Waals surface area contributed by atoms with Gasteiger partial charge in [0.1, 0.15) is 5.75 Å². The first-order valence-corrected chi connectivity index (χ1v) is 9.51. The zero-order chi connectivity index (χ0) is 20.8. The summed E-state index contributed by atoms with van der Waals surface area (Å²) >= 11 is 0. The molecule has 0 radical (unpaired) electrons. The van der Waals surface area contributed by atoms with Crippen LogP contribution in [0.4, 0.5) is 4.39 Å². The van der Waals surface area contributed by atoms with Gasteiger partial charge in [0, 0.05) is 17.5 Å². The van der Waals surface area contributed by atoms with Crippen LogP contribution in [0.2, 0.25) is 0 Å². The van der Waals surface area contributed by atoms with Gasteiger partial charge in [0.15, 0.2) is 12.0 Å². The highest BCUT2D eigenvalue weighted by Gasteiger charge is 2.31. The largest absolute Gasteiger partial charge is 0.496 e. The molecule has 0 heterocycles. The number of esters is 1. The zero-order valence-electron chi connectivity index (χ0n) is 16.4. The fourth-order valence-corrected chi connectivity index (χ4v) is 3.41. The Labute approximate surface area is 169 Å². The lowest BCUT2D eigenvalue weighted by Gasteiger charge is -2.20. The molecule has 0 bridgehead atoms. The van der Waals surface area contributed by atoms with Gasteiger partial charge >= 0.3 is 5.97 Å². The van der Waals surface area contributed by atoms with E-state index in [9.17, 15) is 14.0 Å². The highest BCUT2D eigenvalue weighted by molar-refractivity contribution is 6.04. The maximum absolute atomic E-state index is 14.6. The van der Waals surface area contributed by atoms with Crippen LogP contribution in [0.3, 0.4) is 0 Å². The Morgan fingerprint density at radius 2 is 1.66 bits per heavy atom. The van der Waals surface area contributed by atoms with Gasteiger partial charge in [-0.15, -0.1) is 0 Å². The number of methoxy groups -OCH3 is 1. The zero-order valence-corrected chi connectivity index (χ0v) is 16.4. The predicted molar refractivity (Wildman–Crippen MR) is 110 cm³/mol. The summed E-state index contributed by atoms with van der Waals surface area (Å²) in [6, 6.07) is 20.0. The fourth-order valence-electron chi connectivity index (χ4n) is 3.41. The first-order valence-electron chi connectivity index (χ1n) is 9.51. The van der Waals surface area contributed by atoms with Crippen molar-refractivity contribution in [1.29, 1.82) is 0 Å². The average molecular weight is 394 g/mol. The molecule has 150 valence electrons. The predicted octanol–water partition coefficient (Wildman–Crippen LogP) is 5.11. The molecule has 0 amide bonds. The van der Waals surface area contributed by atoms with Gasteiger partial charge in [-0.2, -0.15) is 0 Å². The molecule has 3 aromatic carbocycles. The van der Waals surface area contributed by atoms with E-state index in [4.69, 9.17) is 9.47 Å². The molecular weight excluding hydrogens is 371 g/mol. The van der Waals surface area contributed by atoms with E-state index in [1.807, 2.05) is 30.3 Å². The molecule has 0 spiro atoms. The number of carbonyl (C=O) groups excluding carboxylic acids is 2. The summed E-state index contributed by atoms with van der Waals surface area (Å²) in [7, 11) is 1.49. The van der Waals surface area contributed by atoms with E-state index in [0.29, 0.717) is 16.9 Å². The van der Waals surface area contributed by atoms with Gasteiger partial charge in [-0.05, 0) is 29.8 Å². The van der Waals surface area contributed by atoms with Crippen LogP contribution < -0.4 is 4.74 Å². The molecule has 2 unspecified atom stereocenters. The molecule has 0 aliphatic heterocycles. The molecular formula is C24H23FO4. The van der Waals surface area contributed by atoms with Crippen molar-refractivity contribution in [3.05, 3.63) is 77.9 Å². The molecule has 0 aliphatic rings. The number of ether oxygens (including phenoxy) is 2. The first kappa shape index (κ1) is 20.5. The monoisotopic (exact) mass is 394 g/mol. The number of alkyl halides is 1. The third-order valence-corrected chi connectivity index (χ3v) is 4.85. The lowest BCUT2D eigenvalue weighted by molar-refractivity contribution is -0.149. The fraction of sp³-hybridized carbons (Fsp3) is 0.250. The Bertz CT molecular complexity index is 1010. The Morgan fingerprint density at radius 3 is 2.38 bits per heavy atom. The highest BCUT2D eigenvalue weighted by Crippen LogP contribution is 2.34. The maximum atomic E-state index is 14.6. The van der Waals surface area contributed by atoms with Gasteiger partial charge in [0.25, 0.3) is 0 Å². The molecule has 0 saturated carbocycles. The summed E-state index contributed by atoms with van der Waals surface area (Å²) in [6.45, 7) is 1.69. The van der Waals surface area contributed by atoms with Gasteiger partial charge in [0.2, 0.25) is 0 Å². The summed E-state index contributed by atoms with van der Waals surface area (Å²) in [6.07, 6.45) is -2.22. The number of carbonyl (C=O) groups is 2. The summed E-state index contributed by atoms with van der Waals surface area (Å²) < 4.78 is 24.8. The van der Waals surface area contributed by atoms with Crippen LogP contribution in [-0.4, -0.2) is 31.6 Å². The van der Waals surface area contributed by atoms with Crippen molar-refractivity contribution >= 4 is 22.5 Å². The standard InChI is InChI=1S/C24H23FO4/c1-3-29-24(27)21(25)15-20(19-10-6-7-11-22(19)28-2)23(26)18-13-12-16-8-4-5-9-17(16)14-18/h4-14,20-21H,3,15H2,1-2H3. The number of hydrogen-bond acceptors (Lipinski definition) is 4. The van der Waals surface area contributed by atoms with Crippen LogP contribution in [0, 0.1) is 0 Å². The van der Waals surface area contributed by atoms with E-state index in [-0.39, 0.29) is 18.8 Å². The number of benzene rings is 3. The Hall–Kier alpha value is -3.21. The second-order valence-electron chi connectivity index (χ2n) is 6.68. The van der Waals surface area contributed by atoms with E-state index < -0.39 is 18.1 Å². The lowest BCUT2D eigenvalue weighted by Crippen LogP contribution is -2.25. The van der Waals surface area contributed by atoms with Gasteiger partial charge in [-0.1, -0.05) is 54.6 Å². The molecule has 3 rings (SSSR count). The minimum atomic E-state index is -1.91. The maximum Gasteiger partial charge on any atom is 0.340 e. The Morgan fingerprint density at radius 1 is 0.966 bits per heavy atom. The molecule has 0 N–H and O–H groups in total. The van der Waals surface area contributed by atoms with Crippen molar-refractivity contribution in [3.8, 4) is 5.75 Å². The second-order valence-corrected chi connectivity index (χ2v) is 6.68. The Kier molecular flexibility index (Phi) is 6.60. The number of fused-ring (bicyclic) bond motifs is 1. The van der Waals surface area contributed by atoms with E-state index in [1.54, 1.807) is 43.3 Å². The molecule has 29 heavy (non-hydrogen) atoms. The van der Waals surface area contributed by atoms with Crippen LogP contribution in [0.25, 0.3) is 10.8 Å². The van der Waals surface area contributed by atoms with E-state index >= 15 is 0 Å². The molecule has 0 saturated heterocycles. The SMILES string of the molecule is CCOC(=O)C(F)CC(C(=O)c1ccc2ccccc2c1)c1ccccc1OC. The van der Waals surface area contributed by atoms with E-state index in [2.05, 4.69) is 0 Å². The molecule has 5 heteroatoms. The van der Waals surface area contributed by atoms with Crippen LogP contribution >= 0.6 is 0 Å². The average Bonchev–Trinajstić information content (AvgIpc) is 2.76. The van der Waals surface area contributed by atoms with Crippen molar-refractivity contribution in [2.45, 2.75) is 25.4 Å². The molecule has 0 aliphatic carbocycles. The third kappa shape index (κ3) is 4.62. The third-order valence-electron chi connectivity index (χ3n) is 4.85. The molecule has 4 nitrogen and oxygen atoms in total. The second kappa shape index (κ2) is 9.32. The quantitative estimate of drug-likeness (QED) is 0.394. The van der Waals surface area contributed by atoms with Crippen molar-refractivity contribution in [2.24, 2.45) is 0 Å². The number of ketones is 1. The van der Waals surface area contributed by atoms with Crippen molar-refractivity contribution in [3.63, 3.8) is 0 Å². The van der Waals surface area contributed by atoms with Crippen LogP contribution in [-0.2, 0) is 9.53 Å². The summed E-state index contributed by atoms with van der Waals surface area (Å²) in [4.78, 5) is 25.3. The normalized spacial score (nSPS) is 12.9. The smallest absolute Gasteiger partial charge is 0.340 e. The number of rotatable bonds is 8. The summed E-state index contributed by atoms with van der Waals surface area (Å²) in [5.74, 6) is -1.64. The lowest BCUT2D eigenvalue weighted by atomic mass is 9.85. The molecule has 0 aromatic heterocycles. The minimum Gasteiger partial charge on any atom is -0.496 e. The molecule has 3 aromatic rings. The number of Topliss-reactive ketones (excluding diaryl/α,β-unsaturated/α-hetero) is 1. The highest BCUT2D eigenvalue weighted by atomic mass is 19.1. The van der Waals surface area contributed by atoms with E-state index in [1.165, 1.54) is 7.11 Å². The van der Waals surface area contributed by atoms with Gasteiger partial charge in [0.05, 0.1) is 19.6 Å². The molecule has 2 atom stereocenters. The topological polar surface area (TPSA) is 52.6 Å². The van der Waals surface area contributed by atoms with Crippen LogP contribution in [0.15, 0.2) is 66.7 Å².